The summed E-state index contributed by atoms with van der Waals surface area (Å²) in [5, 5.41) is 0. The van der Waals surface area contributed by atoms with Gasteiger partial charge in [-0.3, -0.25) is 9.78 Å². The van der Waals surface area contributed by atoms with Gasteiger partial charge < -0.3 is 23.8 Å². The number of hydrogen-bond donors (Lipinski definition) is 0. The highest BCUT2D eigenvalue weighted by Gasteiger charge is 2.29. The third-order valence-electron chi connectivity index (χ3n) is 4.31. The van der Waals surface area contributed by atoms with Crippen molar-refractivity contribution in [1.29, 1.82) is 0 Å². The summed E-state index contributed by atoms with van der Waals surface area (Å²) >= 11 is 0. The molecule has 1 aliphatic rings. The smallest absolute Gasteiger partial charge is 0.254 e. The highest BCUT2D eigenvalue weighted by molar-refractivity contribution is 5.95. The largest absolute Gasteiger partial charge is 0.490 e. The molecular formula is C20H25N3O5. The molecule has 0 spiro atoms. The van der Waals surface area contributed by atoms with Crippen LogP contribution in [0.1, 0.15) is 30.6 Å². The summed E-state index contributed by atoms with van der Waals surface area (Å²) in [5.74, 6) is 1.93. The predicted molar refractivity (Wildman–Crippen MR) is 102 cm³/mol. The summed E-state index contributed by atoms with van der Waals surface area (Å²) in [6, 6.07) is 5.27. The summed E-state index contributed by atoms with van der Waals surface area (Å²) in [5.41, 5.74) is 0.564. The number of benzene rings is 1. The maximum atomic E-state index is 12.9. The zero-order valence-corrected chi connectivity index (χ0v) is 16.4. The Morgan fingerprint density at radius 2 is 1.89 bits per heavy atom. The van der Waals surface area contributed by atoms with Gasteiger partial charge in [0.05, 0.1) is 39.3 Å². The maximum Gasteiger partial charge on any atom is 0.254 e. The van der Waals surface area contributed by atoms with Crippen molar-refractivity contribution >= 4 is 5.91 Å². The molecule has 0 N–H and O–H groups in total. The second-order valence-electron chi connectivity index (χ2n) is 6.21. The lowest BCUT2D eigenvalue weighted by Crippen LogP contribution is -2.31. The van der Waals surface area contributed by atoms with Gasteiger partial charge >= 0.3 is 0 Å². The molecule has 1 aromatic heterocycles. The minimum atomic E-state index is -0.139. The predicted octanol–water partition coefficient (Wildman–Crippen LogP) is 2.58. The van der Waals surface area contributed by atoms with Gasteiger partial charge in [-0.05, 0) is 32.0 Å². The average Bonchev–Trinajstić information content (AvgIpc) is 3.17. The van der Waals surface area contributed by atoms with Gasteiger partial charge in [-0.15, -0.1) is 0 Å². The van der Waals surface area contributed by atoms with E-state index in [2.05, 4.69) is 9.97 Å². The first-order valence-electron chi connectivity index (χ1n) is 9.36. The van der Waals surface area contributed by atoms with E-state index >= 15 is 0 Å². The Labute approximate surface area is 164 Å². The summed E-state index contributed by atoms with van der Waals surface area (Å²) in [7, 11) is 1.52. The number of methoxy groups -OCH3 is 1. The second-order valence-corrected chi connectivity index (χ2v) is 6.21. The van der Waals surface area contributed by atoms with E-state index in [0.717, 1.165) is 6.42 Å². The highest BCUT2D eigenvalue weighted by Crippen LogP contribution is 2.29. The number of aromatic nitrogens is 2. The second kappa shape index (κ2) is 9.25. The molecule has 1 aliphatic heterocycles. The molecule has 0 radical (unpaired) electrons. The molecule has 0 aliphatic carbocycles. The lowest BCUT2D eigenvalue weighted by atomic mass is 10.1. The summed E-state index contributed by atoms with van der Waals surface area (Å²) in [4.78, 5) is 22.9. The van der Waals surface area contributed by atoms with Crippen LogP contribution in [0.5, 0.6) is 23.3 Å². The molecule has 0 saturated carbocycles. The van der Waals surface area contributed by atoms with Crippen LogP contribution in [0, 0.1) is 0 Å². The molecule has 8 nitrogen and oxygen atoms in total. The Morgan fingerprint density at radius 1 is 1.14 bits per heavy atom. The van der Waals surface area contributed by atoms with Gasteiger partial charge in [0, 0.05) is 18.5 Å². The van der Waals surface area contributed by atoms with Gasteiger partial charge in [0.15, 0.2) is 11.5 Å². The minimum absolute atomic E-state index is 0.0631. The van der Waals surface area contributed by atoms with Gasteiger partial charge in [-0.1, -0.05) is 0 Å². The van der Waals surface area contributed by atoms with Crippen molar-refractivity contribution in [2.75, 3.05) is 33.4 Å². The fourth-order valence-electron chi connectivity index (χ4n) is 3.03. The summed E-state index contributed by atoms with van der Waals surface area (Å²) in [6.07, 6.45) is 3.63. The molecule has 150 valence electrons. The Kier molecular flexibility index (Phi) is 6.52. The number of carbonyl (C=O) groups excluding carboxylic acids is 1. The van der Waals surface area contributed by atoms with Crippen molar-refractivity contribution in [2.24, 2.45) is 0 Å². The minimum Gasteiger partial charge on any atom is -0.490 e. The normalized spacial score (nSPS) is 16.0. The Bertz CT molecular complexity index is 814. The number of carbonyl (C=O) groups is 1. The first kappa shape index (κ1) is 19.7. The van der Waals surface area contributed by atoms with Gasteiger partial charge in [-0.25, -0.2) is 0 Å². The van der Waals surface area contributed by atoms with Crippen molar-refractivity contribution in [3.8, 4) is 23.3 Å². The van der Waals surface area contributed by atoms with Crippen LogP contribution in [0.2, 0.25) is 0 Å². The van der Waals surface area contributed by atoms with Crippen LogP contribution in [0.3, 0.4) is 0 Å². The van der Waals surface area contributed by atoms with E-state index < -0.39 is 0 Å². The van der Waals surface area contributed by atoms with Crippen LogP contribution >= 0.6 is 0 Å². The van der Waals surface area contributed by atoms with Crippen molar-refractivity contribution in [3.63, 3.8) is 0 Å². The zero-order valence-electron chi connectivity index (χ0n) is 16.4. The van der Waals surface area contributed by atoms with Crippen molar-refractivity contribution < 1.29 is 23.7 Å². The van der Waals surface area contributed by atoms with Crippen LogP contribution in [-0.4, -0.2) is 60.3 Å². The number of amides is 1. The maximum absolute atomic E-state index is 12.9. The quantitative estimate of drug-likeness (QED) is 0.688. The molecule has 1 amide bonds. The third-order valence-corrected chi connectivity index (χ3v) is 4.31. The molecule has 2 aromatic rings. The van der Waals surface area contributed by atoms with E-state index in [9.17, 15) is 4.79 Å². The molecule has 28 heavy (non-hydrogen) atoms. The lowest BCUT2D eigenvalue weighted by molar-refractivity contribution is 0.0770. The number of ether oxygens (including phenoxy) is 4. The van der Waals surface area contributed by atoms with Gasteiger partial charge in [0.25, 0.3) is 5.91 Å². The molecule has 2 heterocycles. The van der Waals surface area contributed by atoms with Crippen LogP contribution < -0.4 is 18.9 Å². The van der Waals surface area contributed by atoms with Crippen molar-refractivity contribution in [1.82, 2.24) is 14.9 Å². The van der Waals surface area contributed by atoms with Crippen molar-refractivity contribution in [2.45, 2.75) is 26.4 Å². The van der Waals surface area contributed by atoms with Gasteiger partial charge in [0.2, 0.25) is 11.8 Å². The summed E-state index contributed by atoms with van der Waals surface area (Å²) in [6.45, 7) is 5.93. The number of hydrogen-bond acceptors (Lipinski definition) is 7. The van der Waals surface area contributed by atoms with E-state index in [1.807, 2.05) is 13.8 Å². The monoisotopic (exact) mass is 387 g/mol. The SMILES string of the molecule is CCOc1ccc(C(=O)N2CCC(Oc3cncc(OC)n3)C2)cc1OCC. The molecule has 1 saturated heterocycles. The fraction of sp³-hybridized carbons (Fsp3) is 0.450. The molecule has 8 heteroatoms. The first-order chi connectivity index (χ1) is 13.6. The molecule has 1 atom stereocenters. The standard InChI is InChI=1S/C20H25N3O5/c1-4-26-16-7-6-14(10-17(16)27-5-2)20(24)23-9-8-15(13-23)28-19-12-21-11-18(22-19)25-3/h6-7,10-12,15H,4-5,8-9,13H2,1-3H3. The van der Waals surface area contributed by atoms with Crippen LogP contribution in [-0.2, 0) is 0 Å². The Hall–Kier alpha value is -3.03. The van der Waals surface area contributed by atoms with E-state index in [1.165, 1.54) is 19.5 Å². The number of likely N-dealkylation sites (tertiary alicyclic amines) is 1. The molecular weight excluding hydrogens is 362 g/mol. The molecule has 3 rings (SSSR count). The topological polar surface area (TPSA) is 83.0 Å². The average molecular weight is 387 g/mol. The summed E-state index contributed by atoms with van der Waals surface area (Å²) < 4.78 is 22.1. The zero-order chi connectivity index (χ0) is 19.9. The van der Waals surface area contributed by atoms with E-state index in [4.69, 9.17) is 18.9 Å². The Balaban J connectivity index is 1.66. The van der Waals surface area contributed by atoms with Crippen molar-refractivity contribution in [3.05, 3.63) is 36.2 Å². The van der Waals surface area contributed by atoms with Crippen LogP contribution in [0.15, 0.2) is 30.6 Å². The number of nitrogens with zero attached hydrogens (tertiary/aromatic N) is 3. The van der Waals surface area contributed by atoms with Gasteiger partial charge in [-0.2, -0.15) is 4.98 Å². The lowest BCUT2D eigenvalue weighted by Gasteiger charge is -2.18. The fourth-order valence-corrected chi connectivity index (χ4v) is 3.03. The van der Waals surface area contributed by atoms with E-state index in [-0.39, 0.29) is 12.0 Å². The third kappa shape index (κ3) is 4.62. The van der Waals surface area contributed by atoms with Gasteiger partial charge in [0.1, 0.15) is 6.10 Å². The number of rotatable bonds is 8. The highest BCUT2D eigenvalue weighted by atomic mass is 16.5. The Morgan fingerprint density at radius 3 is 2.64 bits per heavy atom. The molecule has 0 bridgehead atoms. The van der Waals surface area contributed by atoms with E-state index in [1.54, 1.807) is 23.1 Å². The molecule has 1 unspecified atom stereocenters. The van der Waals surface area contributed by atoms with E-state index in [0.29, 0.717) is 55.1 Å². The van der Waals surface area contributed by atoms with Crippen LogP contribution in [0.4, 0.5) is 0 Å². The first-order valence-corrected chi connectivity index (χ1v) is 9.36. The molecule has 1 fully saturated rings. The molecule has 1 aromatic carbocycles. The van der Waals surface area contributed by atoms with Crippen LogP contribution in [0.25, 0.3) is 0 Å².